The Morgan fingerprint density at radius 1 is 0.658 bits per heavy atom. The number of nitrogens with zero attached hydrogens (tertiary/aromatic N) is 4. The highest BCUT2D eigenvalue weighted by Crippen LogP contribution is 2.60. The number of hydrogen-bond acceptors (Lipinski definition) is 25. The molecule has 2 amide bonds. The Kier molecular flexibility index (Phi) is 25.8. The van der Waals surface area contributed by atoms with Gasteiger partial charge in [0.15, 0.2) is 11.3 Å². The van der Waals surface area contributed by atoms with E-state index in [4.69, 9.17) is 23.8 Å². The van der Waals surface area contributed by atoms with Crippen LogP contribution in [0.3, 0.4) is 0 Å². The molecule has 4 heterocycles. The zero-order valence-corrected chi connectivity index (χ0v) is 65.5. The summed E-state index contributed by atoms with van der Waals surface area (Å²) in [7, 11) is -13.7. The highest BCUT2D eigenvalue weighted by Gasteiger charge is 2.55. The van der Waals surface area contributed by atoms with Crippen LogP contribution < -0.4 is 25.0 Å². The van der Waals surface area contributed by atoms with Gasteiger partial charge in [0.1, 0.15) is 41.1 Å². The Labute approximate surface area is 660 Å². The van der Waals surface area contributed by atoms with E-state index in [1.54, 1.807) is 30.3 Å². The third-order valence-electron chi connectivity index (χ3n) is 20.4. The van der Waals surface area contributed by atoms with Gasteiger partial charge in [-0.25, -0.2) is 18.5 Å². The third-order valence-corrected chi connectivity index (χ3v) is 23.5. The average molecular weight is 1650 g/mol. The maximum absolute atomic E-state index is 13.8. The van der Waals surface area contributed by atoms with Crippen molar-refractivity contribution in [3.05, 3.63) is 201 Å². The number of carbonyl (C=O) groups excluding carboxylic acids is 3. The highest BCUT2D eigenvalue weighted by atomic mass is 32.2. The van der Waals surface area contributed by atoms with E-state index in [1.165, 1.54) is 71.6 Å². The second-order valence-corrected chi connectivity index (χ2v) is 34.0. The summed E-state index contributed by atoms with van der Waals surface area (Å²) in [5.74, 6) is -7.13. The molecule has 1 atom stereocenters. The number of allylic oxidation sites excluding steroid dienone is 7. The van der Waals surface area contributed by atoms with Crippen LogP contribution in [0.25, 0.3) is 0 Å². The Bertz CT molecular complexity index is 5330. The quantitative estimate of drug-likeness (QED) is 0.00333. The lowest BCUT2D eigenvalue weighted by molar-refractivity contribution is -0.438. The van der Waals surface area contributed by atoms with E-state index in [1.807, 2.05) is 73.6 Å². The summed E-state index contributed by atoms with van der Waals surface area (Å²) >= 11 is 0.781. The van der Waals surface area contributed by atoms with Crippen LogP contribution >= 0.6 is 12.0 Å². The van der Waals surface area contributed by atoms with Gasteiger partial charge in [-0.15, -0.1) is 4.33 Å². The number of fused-ring (bicyclic) bond motifs is 8. The van der Waals surface area contributed by atoms with Crippen LogP contribution in [-0.2, 0) is 98.0 Å². The lowest BCUT2D eigenvalue weighted by atomic mass is 9.76. The number of carboxylic acids is 3. The first-order valence-corrected chi connectivity index (χ1v) is 41.3. The number of unbranched alkanes of at least 4 members (excludes halogenated alkanes) is 3. The van der Waals surface area contributed by atoms with Crippen molar-refractivity contribution in [1.29, 1.82) is 0 Å². The first-order chi connectivity index (χ1) is 53.9. The minimum atomic E-state index is -4.66. The molecule has 6 aromatic rings. The molecule has 114 heavy (non-hydrogen) atoms. The van der Waals surface area contributed by atoms with E-state index in [0.29, 0.717) is 91.1 Å². The molecular formula is C78H84N6O26S4. The zero-order valence-electron chi connectivity index (χ0n) is 62.2. The van der Waals surface area contributed by atoms with E-state index in [9.17, 15) is 93.2 Å². The fourth-order valence-electron chi connectivity index (χ4n) is 15.1. The number of phenolic OH excluding ortho intramolecular Hbond substituents is 2. The Balaban J connectivity index is 0.787. The van der Waals surface area contributed by atoms with Crippen molar-refractivity contribution in [3.63, 3.8) is 0 Å². The van der Waals surface area contributed by atoms with Crippen molar-refractivity contribution >= 4 is 95.2 Å². The standard InChI is InChI=1S/C78H84N6O26S4/c1-76(2)59-39-50(111-110-109-96)22-28-61(59)84(37-10-11-38-112(97,98)99)65(76)32-18-47-13-12-14-48(72(47)106-49-20-23-51(24-21-49)113(100,101)102)19-33-66-77(3,4)60-40-52(114(103,104)105)25-29-62(60)83(66)36-9-5-6-17-67(87)79-34-35-80-68(88)43-81(44-69(89)90)41-54-63(85)30-26-57-73(54)107-74-55(42-82(45-70(91)92)46-71(93)94)64(86)31-27-58(74)78(57)56-16-8-7-15-53(56)75(95)108-78/h7-8,15-16,18-33,39-40H,5-6,9-14,17,34-38,41-46H2,1-4H3,(H10-,79,80,85,86,87,88,89,90,91,92,93,94,96,97,98,99,100,101,102,103,104,105). The third kappa shape index (κ3) is 19.0. The second-order valence-electron chi connectivity index (χ2n) is 28.9. The molecule has 36 heteroatoms. The SMILES string of the molecule is CC1(C)C(/C=C/C2=C(Oc3ccc(S(=O)(=O)O)cc3)C(=C/C=C3/N(CCCCS(=O)(=O)[O-])c4ccc(SOOO)cc4C3(C)C)/CCC2)=[N+](CCCCCC(=O)NCCNC(=O)CN(CC(=O)O)Cc2c(O)ccc3c2Oc2c(ccc(O)c2CN(CC(=O)O)CC(=O)O)C32OC(=O)c3ccccc32)c2ccc(S(=O)(=O)O)cc21. The van der Waals surface area contributed by atoms with Crippen molar-refractivity contribution in [2.24, 2.45) is 0 Å². The fraction of sp³-hybridized carbons (Fsp3) is 0.346. The molecule has 0 saturated carbocycles. The Hall–Kier alpha value is -10.4. The molecule has 1 unspecified atom stereocenters. The van der Waals surface area contributed by atoms with Gasteiger partial charge in [-0.05, 0) is 173 Å². The molecule has 4 aliphatic heterocycles. The summed E-state index contributed by atoms with van der Waals surface area (Å²) in [6.45, 7) is 4.44. The number of rotatable bonds is 36. The average Bonchev–Trinajstić information content (AvgIpc) is 1.45. The summed E-state index contributed by atoms with van der Waals surface area (Å²) < 4.78 is 131. The molecule has 32 nitrogen and oxygen atoms in total. The van der Waals surface area contributed by atoms with Gasteiger partial charge in [-0.2, -0.15) is 21.4 Å². The minimum Gasteiger partial charge on any atom is -0.748 e. The van der Waals surface area contributed by atoms with Gasteiger partial charge in [0.2, 0.25) is 17.5 Å². The molecule has 0 bridgehead atoms. The molecule has 1 aliphatic carbocycles. The number of carbonyl (C=O) groups is 6. The molecular weight excluding hydrogens is 1570 g/mol. The summed E-state index contributed by atoms with van der Waals surface area (Å²) in [5, 5.41) is 70.8. The van der Waals surface area contributed by atoms with Gasteiger partial charge in [-0.1, -0.05) is 43.2 Å². The summed E-state index contributed by atoms with van der Waals surface area (Å²) in [5.41, 5.74) is 2.91. The van der Waals surface area contributed by atoms with Gasteiger partial charge < -0.3 is 59.8 Å². The van der Waals surface area contributed by atoms with E-state index >= 15 is 0 Å². The number of carboxylic acid groups (broad SMARTS) is 3. The number of aliphatic carboxylic acids is 3. The van der Waals surface area contributed by atoms with Crippen LogP contribution in [0.2, 0.25) is 0 Å². The number of aromatic hydroxyl groups is 2. The number of phenols is 2. The maximum atomic E-state index is 13.8. The van der Waals surface area contributed by atoms with Crippen LogP contribution in [0.15, 0.2) is 171 Å². The van der Waals surface area contributed by atoms with Crippen LogP contribution in [0, 0.1) is 0 Å². The van der Waals surface area contributed by atoms with Gasteiger partial charge in [0.05, 0.1) is 80.2 Å². The van der Waals surface area contributed by atoms with Crippen molar-refractivity contribution in [1.82, 2.24) is 20.4 Å². The van der Waals surface area contributed by atoms with Gasteiger partial charge in [0.25, 0.3) is 20.2 Å². The molecule has 10 N–H and O–H groups in total. The van der Waals surface area contributed by atoms with E-state index in [2.05, 4.69) is 15.7 Å². The Morgan fingerprint density at radius 3 is 1.89 bits per heavy atom. The molecule has 0 saturated heterocycles. The summed E-state index contributed by atoms with van der Waals surface area (Å²) in [4.78, 5) is 81.3. The predicted molar refractivity (Wildman–Crippen MR) is 409 cm³/mol. The number of nitrogens with one attached hydrogen (secondary N) is 2. The second kappa shape index (κ2) is 34.8. The van der Waals surface area contributed by atoms with Crippen LogP contribution in [0.1, 0.15) is 135 Å². The van der Waals surface area contributed by atoms with E-state index in [0.717, 1.165) is 45.2 Å². The fourth-order valence-corrected chi connectivity index (χ4v) is 17.1. The van der Waals surface area contributed by atoms with Crippen LogP contribution in [0.4, 0.5) is 11.4 Å². The molecule has 0 aromatic heterocycles. The van der Waals surface area contributed by atoms with Crippen molar-refractivity contribution in [2.75, 3.05) is 63.0 Å². The molecule has 5 aliphatic rings. The lowest BCUT2D eigenvalue weighted by Gasteiger charge is -2.39. The Morgan fingerprint density at radius 2 is 1.27 bits per heavy atom. The molecule has 1 spiro atoms. The number of anilines is 1. The number of esters is 1. The number of amides is 2. The van der Waals surface area contributed by atoms with Crippen molar-refractivity contribution in [3.8, 4) is 28.7 Å². The maximum Gasteiger partial charge on any atom is 0.340 e. The van der Waals surface area contributed by atoms with E-state index < -0.39 is 133 Å². The number of hydrogen-bond donors (Lipinski definition) is 10. The largest absolute Gasteiger partial charge is 0.748 e. The molecule has 606 valence electrons. The highest BCUT2D eigenvalue weighted by molar-refractivity contribution is 7.94. The van der Waals surface area contributed by atoms with Gasteiger partial charge in [0, 0.05) is 107 Å². The molecule has 6 aromatic carbocycles. The molecule has 0 fully saturated rings. The lowest BCUT2D eigenvalue weighted by Crippen LogP contribution is -2.42. The first kappa shape index (κ1) is 84.6. The summed E-state index contributed by atoms with van der Waals surface area (Å²) in [6.07, 6.45) is 11.2. The first-order valence-electron chi connectivity index (χ1n) is 36.1. The predicted octanol–water partition coefficient (Wildman–Crippen LogP) is 9.32. The summed E-state index contributed by atoms with van der Waals surface area (Å²) in [6, 6.07) is 26.8. The van der Waals surface area contributed by atoms with Crippen molar-refractivity contribution < 1.29 is 127 Å². The van der Waals surface area contributed by atoms with Crippen LogP contribution in [0.5, 0.6) is 28.7 Å². The zero-order chi connectivity index (χ0) is 82.4. The van der Waals surface area contributed by atoms with Crippen molar-refractivity contribution in [2.45, 2.75) is 130 Å². The molecule has 0 radical (unpaired) electrons. The van der Waals surface area contributed by atoms with Crippen LogP contribution in [-0.4, -0.2) is 184 Å². The van der Waals surface area contributed by atoms with Gasteiger partial charge in [-0.3, -0.25) is 42.9 Å². The number of benzene rings is 6. The smallest absolute Gasteiger partial charge is 0.340 e. The normalized spacial score (nSPS) is 17.5. The van der Waals surface area contributed by atoms with Gasteiger partial charge >= 0.3 is 23.9 Å². The monoisotopic (exact) mass is 1650 g/mol. The van der Waals surface area contributed by atoms with E-state index in [-0.39, 0.29) is 86.7 Å². The number of ether oxygens (including phenoxy) is 3. The minimum absolute atomic E-state index is 0.0411. The topological polar surface area (TPSA) is 473 Å². The molecule has 11 rings (SSSR count).